The number of aromatic nitrogens is 1. The maximum absolute atomic E-state index is 10.6. The van der Waals surface area contributed by atoms with Crippen LogP contribution in [0.3, 0.4) is 0 Å². The molecule has 0 amide bonds. The monoisotopic (exact) mass is 516 g/mol. The van der Waals surface area contributed by atoms with Crippen molar-refractivity contribution >= 4 is 34.8 Å². The first-order valence-corrected chi connectivity index (χ1v) is 11.2. The second-order valence-corrected chi connectivity index (χ2v) is 8.02. The minimum atomic E-state index is -1.17. The molecule has 11 N–H and O–H groups in total. The van der Waals surface area contributed by atoms with Crippen molar-refractivity contribution in [1.82, 2.24) is 4.98 Å². The van der Waals surface area contributed by atoms with Crippen LogP contribution in [0.2, 0.25) is 0 Å². The number of aliphatic carboxylic acids is 4. The van der Waals surface area contributed by atoms with E-state index < -0.39 is 42.0 Å². The first-order valence-electron chi connectivity index (χ1n) is 11.2. The van der Waals surface area contributed by atoms with E-state index in [1.165, 1.54) is 0 Å². The van der Waals surface area contributed by atoms with Gasteiger partial charge in [0.1, 0.15) is 18.1 Å². The van der Waals surface area contributed by atoms with Crippen LogP contribution in [-0.4, -0.2) is 67.4 Å². The molecular weight excluding hydrogens is 484 g/mol. The first-order chi connectivity index (χ1) is 17.4. The molecule has 0 fully saturated rings. The number of nitrogens with two attached hydrogens (primary N) is 3. The average molecular weight is 517 g/mol. The zero-order chi connectivity index (χ0) is 28.0. The van der Waals surface area contributed by atoms with Crippen molar-refractivity contribution in [3.05, 3.63) is 71.9 Å². The number of para-hydroxylation sites is 1. The summed E-state index contributed by atoms with van der Waals surface area (Å²) in [7, 11) is 0. The zero-order valence-electron chi connectivity index (χ0n) is 20.0. The molecule has 0 bridgehead atoms. The highest BCUT2D eigenvalue weighted by Crippen LogP contribution is 2.18. The van der Waals surface area contributed by atoms with Crippen LogP contribution < -0.4 is 17.2 Å². The summed E-state index contributed by atoms with van der Waals surface area (Å²) in [4.78, 5) is 44.0. The van der Waals surface area contributed by atoms with Gasteiger partial charge in [0.25, 0.3) is 0 Å². The van der Waals surface area contributed by atoms with Crippen molar-refractivity contribution in [1.29, 1.82) is 0 Å². The summed E-state index contributed by atoms with van der Waals surface area (Å²) < 4.78 is 0. The van der Waals surface area contributed by atoms with Crippen LogP contribution in [0.5, 0.6) is 0 Å². The van der Waals surface area contributed by atoms with Gasteiger partial charge in [-0.15, -0.1) is 0 Å². The normalized spacial score (nSPS) is 12.6. The maximum atomic E-state index is 10.6. The van der Waals surface area contributed by atoms with Crippen molar-refractivity contribution < 1.29 is 39.6 Å². The second-order valence-electron chi connectivity index (χ2n) is 8.02. The van der Waals surface area contributed by atoms with Gasteiger partial charge < -0.3 is 42.6 Å². The van der Waals surface area contributed by atoms with Crippen molar-refractivity contribution in [2.24, 2.45) is 17.2 Å². The minimum Gasteiger partial charge on any atom is -0.481 e. The predicted molar refractivity (Wildman–Crippen MR) is 136 cm³/mol. The second kappa shape index (κ2) is 15.7. The Morgan fingerprint density at radius 2 is 1.22 bits per heavy atom. The highest BCUT2D eigenvalue weighted by molar-refractivity contribution is 5.84. The van der Waals surface area contributed by atoms with Gasteiger partial charge in [0.05, 0.1) is 0 Å². The molecule has 1 heterocycles. The standard InChI is InChI=1S/C11H12N2O2.C9H11NO2.C5H9NO4/c12-9(11(14)15)5-7-6-13-10-4-2-1-3-8(7)10;10-8(9(11)12)6-7-4-2-1-3-5-7;6-3(5(9)10)1-2-4(7)8/h1-4,6,9,13H,5,12H2,(H,14,15);1-5,8H,6,10H2,(H,11,12);3H,1-2,6H2,(H,7,8)(H,9,10)/t9-;8-;3-/m000/s1. The van der Waals surface area contributed by atoms with E-state index in [-0.39, 0.29) is 12.8 Å². The van der Waals surface area contributed by atoms with Crippen LogP contribution in [-0.2, 0) is 32.0 Å². The Labute approximate surface area is 212 Å². The van der Waals surface area contributed by atoms with Crippen molar-refractivity contribution in [2.75, 3.05) is 0 Å². The third-order valence-electron chi connectivity index (χ3n) is 5.03. The molecule has 12 heteroatoms. The van der Waals surface area contributed by atoms with Crippen molar-refractivity contribution in [3.63, 3.8) is 0 Å². The van der Waals surface area contributed by atoms with Gasteiger partial charge in [0.2, 0.25) is 0 Å². The van der Waals surface area contributed by atoms with Gasteiger partial charge in [0, 0.05) is 29.9 Å². The van der Waals surface area contributed by atoms with Gasteiger partial charge in [-0.2, -0.15) is 0 Å². The minimum absolute atomic E-state index is 0.0231. The Morgan fingerprint density at radius 1 is 0.703 bits per heavy atom. The summed E-state index contributed by atoms with van der Waals surface area (Å²) in [6.45, 7) is 0. The highest BCUT2D eigenvalue weighted by atomic mass is 16.4. The molecule has 200 valence electrons. The third-order valence-corrected chi connectivity index (χ3v) is 5.03. The van der Waals surface area contributed by atoms with Crippen LogP contribution in [0, 0.1) is 0 Å². The van der Waals surface area contributed by atoms with Gasteiger partial charge in [-0.3, -0.25) is 19.2 Å². The van der Waals surface area contributed by atoms with Crippen LogP contribution in [0.25, 0.3) is 10.9 Å². The third kappa shape index (κ3) is 11.8. The molecule has 3 rings (SSSR count). The Hall–Kier alpha value is -4.26. The molecule has 0 aliphatic heterocycles. The lowest BCUT2D eigenvalue weighted by Gasteiger charge is -2.04. The van der Waals surface area contributed by atoms with E-state index in [1.54, 1.807) is 0 Å². The molecule has 12 nitrogen and oxygen atoms in total. The Balaban J connectivity index is 0.000000285. The van der Waals surface area contributed by atoms with Gasteiger partial charge in [-0.25, -0.2) is 0 Å². The van der Waals surface area contributed by atoms with Crippen LogP contribution in [0.1, 0.15) is 24.0 Å². The number of benzene rings is 2. The fourth-order valence-electron chi connectivity index (χ4n) is 2.98. The predicted octanol–water partition coefficient (Wildman–Crippen LogP) is 1.03. The molecular formula is C25H32N4O8. The number of carboxylic acids is 4. The fraction of sp³-hybridized carbons (Fsp3) is 0.280. The van der Waals surface area contributed by atoms with Gasteiger partial charge in [-0.1, -0.05) is 48.5 Å². The average Bonchev–Trinajstić information content (AvgIpc) is 3.26. The molecule has 0 saturated carbocycles. The molecule has 0 aliphatic carbocycles. The number of hydrogen-bond donors (Lipinski definition) is 8. The number of carbonyl (C=O) groups is 4. The summed E-state index contributed by atoms with van der Waals surface area (Å²) in [5.74, 6) is -4.13. The number of carboxylic acid groups (broad SMARTS) is 4. The fourth-order valence-corrected chi connectivity index (χ4v) is 2.98. The van der Waals surface area contributed by atoms with Crippen molar-refractivity contribution in [3.8, 4) is 0 Å². The molecule has 0 radical (unpaired) electrons. The summed E-state index contributed by atoms with van der Waals surface area (Å²) >= 11 is 0. The molecule has 3 atom stereocenters. The lowest BCUT2D eigenvalue weighted by Crippen LogP contribution is -2.32. The molecule has 3 aromatic rings. The summed E-state index contributed by atoms with van der Waals surface area (Å²) in [6.07, 6.45) is 2.32. The number of aromatic amines is 1. The van der Waals surface area contributed by atoms with E-state index in [1.807, 2.05) is 60.8 Å². The number of nitrogens with one attached hydrogen (secondary N) is 1. The largest absolute Gasteiger partial charge is 0.481 e. The van der Waals surface area contributed by atoms with E-state index in [9.17, 15) is 19.2 Å². The Kier molecular flexibility index (Phi) is 13.0. The lowest BCUT2D eigenvalue weighted by molar-refractivity contribution is -0.140. The smallest absolute Gasteiger partial charge is 0.320 e. The van der Waals surface area contributed by atoms with Gasteiger partial charge >= 0.3 is 23.9 Å². The molecule has 0 saturated heterocycles. The molecule has 0 aliphatic rings. The first kappa shape index (κ1) is 30.8. The zero-order valence-corrected chi connectivity index (χ0v) is 20.0. The molecule has 0 unspecified atom stereocenters. The van der Waals surface area contributed by atoms with Crippen LogP contribution >= 0.6 is 0 Å². The van der Waals surface area contributed by atoms with E-state index in [0.717, 1.165) is 22.0 Å². The molecule has 2 aromatic carbocycles. The van der Waals surface area contributed by atoms with E-state index in [0.29, 0.717) is 12.8 Å². The number of H-pyrrole nitrogens is 1. The van der Waals surface area contributed by atoms with E-state index >= 15 is 0 Å². The van der Waals surface area contributed by atoms with Gasteiger partial charge in [0.15, 0.2) is 0 Å². The Morgan fingerprint density at radius 3 is 1.76 bits per heavy atom. The van der Waals surface area contributed by atoms with Crippen LogP contribution in [0.15, 0.2) is 60.8 Å². The van der Waals surface area contributed by atoms with E-state index in [4.69, 9.17) is 37.6 Å². The van der Waals surface area contributed by atoms with Crippen molar-refractivity contribution in [2.45, 2.75) is 43.8 Å². The maximum Gasteiger partial charge on any atom is 0.320 e. The van der Waals surface area contributed by atoms with E-state index in [2.05, 4.69) is 4.98 Å². The summed E-state index contributed by atoms with van der Waals surface area (Å²) in [5.41, 5.74) is 18.7. The highest BCUT2D eigenvalue weighted by Gasteiger charge is 2.14. The SMILES string of the molecule is N[C@@H](CCC(=O)O)C(=O)O.N[C@@H](Cc1c[nH]c2ccccc12)C(=O)O.N[C@@H](Cc1ccccc1)C(=O)O. The lowest BCUT2D eigenvalue weighted by atomic mass is 10.1. The molecule has 37 heavy (non-hydrogen) atoms. The van der Waals surface area contributed by atoms with Gasteiger partial charge in [-0.05, 0) is 30.0 Å². The summed E-state index contributed by atoms with van der Waals surface area (Å²) in [5, 5.41) is 34.5. The quantitative estimate of drug-likeness (QED) is 0.189. The number of hydrogen-bond acceptors (Lipinski definition) is 7. The number of rotatable bonds is 10. The number of fused-ring (bicyclic) bond motifs is 1. The molecule has 0 spiro atoms. The van der Waals surface area contributed by atoms with Crippen LogP contribution in [0.4, 0.5) is 0 Å². The molecule has 1 aromatic heterocycles. The topological polar surface area (TPSA) is 243 Å². The summed E-state index contributed by atoms with van der Waals surface area (Å²) in [6, 6.07) is 14.4. The Bertz CT molecular complexity index is 1170.